The maximum atomic E-state index is 3.94. The van der Waals surface area contributed by atoms with Gasteiger partial charge in [0, 0.05) is 18.6 Å². The van der Waals surface area contributed by atoms with Crippen LogP contribution in [0.25, 0.3) is 0 Å². The maximum absolute atomic E-state index is 3.94. The van der Waals surface area contributed by atoms with Crippen LogP contribution in [0.3, 0.4) is 0 Å². The number of nitrogens with zero attached hydrogens (tertiary/aromatic N) is 1. The first-order valence-corrected chi connectivity index (χ1v) is 8.83. The molecule has 2 saturated heterocycles. The van der Waals surface area contributed by atoms with Crippen LogP contribution in [0.15, 0.2) is 0 Å². The van der Waals surface area contributed by atoms with Gasteiger partial charge in [0.05, 0.1) is 0 Å². The van der Waals surface area contributed by atoms with E-state index in [2.05, 4.69) is 17.1 Å². The van der Waals surface area contributed by atoms with Gasteiger partial charge in [0.2, 0.25) is 0 Å². The van der Waals surface area contributed by atoms with E-state index in [0.717, 1.165) is 23.9 Å². The van der Waals surface area contributed by atoms with Gasteiger partial charge in [-0.15, -0.1) is 0 Å². The van der Waals surface area contributed by atoms with Crippen molar-refractivity contribution in [1.82, 2.24) is 10.2 Å². The summed E-state index contributed by atoms with van der Waals surface area (Å²) in [6.07, 6.45) is 13.1. The molecule has 3 fully saturated rings. The smallest absolute Gasteiger partial charge is 0.0200 e. The van der Waals surface area contributed by atoms with E-state index in [4.69, 9.17) is 0 Å². The van der Waals surface area contributed by atoms with Gasteiger partial charge in [-0.25, -0.2) is 0 Å². The average Bonchev–Trinajstić information content (AvgIpc) is 2.70. The van der Waals surface area contributed by atoms with Crippen LogP contribution in [0.5, 0.6) is 0 Å². The molecule has 19 heavy (non-hydrogen) atoms. The molecule has 3 aliphatic rings. The molecule has 110 valence electrons. The van der Waals surface area contributed by atoms with E-state index < -0.39 is 0 Å². The van der Waals surface area contributed by atoms with Gasteiger partial charge in [-0.2, -0.15) is 0 Å². The summed E-state index contributed by atoms with van der Waals surface area (Å²) in [6.45, 7) is 6.39. The van der Waals surface area contributed by atoms with E-state index in [-0.39, 0.29) is 0 Å². The number of rotatable bonds is 3. The van der Waals surface area contributed by atoms with Crippen LogP contribution in [0.4, 0.5) is 0 Å². The minimum Gasteiger partial charge on any atom is -0.310 e. The second-order valence-corrected chi connectivity index (χ2v) is 7.26. The molecule has 0 aromatic heterocycles. The van der Waals surface area contributed by atoms with Crippen LogP contribution in [-0.4, -0.2) is 36.6 Å². The lowest BCUT2D eigenvalue weighted by atomic mass is 9.85. The molecule has 0 amide bonds. The third-order valence-corrected chi connectivity index (χ3v) is 5.94. The number of hydrogen-bond acceptors (Lipinski definition) is 2. The molecule has 1 saturated carbocycles. The predicted molar refractivity (Wildman–Crippen MR) is 81.4 cm³/mol. The summed E-state index contributed by atoms with van der Waals surface area (Å²) in [5, 5.41) is 3.94. The highest BCUT2D eigenvalue weighted by Gasteiger charge is 2.35. The first kappa shape index (κ1) is 13.9. The highest BCUT2D eigenvalue weighted by molar-refractivity contribution is 4.94. The zero-order chi connectivity index (χ0) is 13.1. The summed E-state index contributed by atoms with van der Waals surface area (Å²) in [7, 11) is 0. The molecule has 0 spiro atoms. The maximum Gasteiger partial charge on any atom is 0.0200 e. The zero-order valence-electron chi connectivity index (χ0n) is 12.7. The predicted octanol–water partition coefficient (Wildman–Crippen LogP) is 3.42. The summed E-state index contributed by atoms with van der Waals surface area (Å²) < 4.78 is 0. The van der Waals surface area contributed by atoms with Crippen LogP contribution in [0, 0.1) is 11.8 Å². The molecular formula is C17H32N2. The van der Waals surface area contributed by atoms with Crippen molar-refractivity contribution in [2.75, 3.05) is 19.6 Å². The molecule has 0 aromatic carbocycles. The second kappa shape index (κ2) is 6.58. The van der Waals surface area contributed by atoms with E-state index in [9.17, 15) is 0 Å². The lowest BCUT2D eigenvalue weighted by Gasteiger charge is -2.25. The van der Waals surface area contributed by atoms with Gasteiger partial charge < -0.3 is 10.2 Å². The largest absolute Gasteiger partial charge is 0.310 e. The highest BCUT2D eigenvalue weighted by atomic mass is 15.2. The second-order valence-electron chi connectivity index (χ2n) is 7.26. The zero-order valence-corrected chi connectivity index (χ0v) is 12.7. The summed E-state index contributed by atoms with van der Waals surface area (Å²) in [5.74, 6) is 2.01. The third kappa shape index (κ3) is 3.52. The van der Waals surface area contributed by atoms with E-state index in [1.807, 2.05) is 0 Å². The normalized spacial score (nSPS) is 40.9. The van der Waals surface area contributed by atoms with Gasteiger partial charge in [0.25, 0.3) is 0 Å². The molecule has 1 aliphatic carbocycles. The average molecular weight is 264 g/mol. The molecule has 0 bridgehead atoms. The standard InChI is InChI=1S/C17H32N2/c1-2-14-6-5-10-19(11-9-14)13-16-12-15-7-3-4-8-17(15)18-16/h14-18H,2-13H2,1H3. The van der Waals surface area contributed by atoms with Crippen molar-refractivity contribution in [3.8, 4) is 0 Å². The molecule has 4 unspecified atom stereocenters. The molecule has 2 aliphatic heterocycles. The highest BCUT2D eigenvalue weighted by Crippen LogP contribution is 2.33. The van der Waals surface area contributed by atoms with Gasteiger partial charge in [0.15, 0.2) is 0 Å². The quantitative estimate of drug-likeness (QED) is 0.840. The minimum absolute atomic E-state index is 0.797. The summed E-state index contributed by atoms with van der Waals surface area (Å²) in [5.41, 5.74) is 0. The van der Waals surface area contributed by atoms with Gasteiger partial charge in [-0.3, -0.25) is 0 Å². The Morgan fingerprint density at radius 1 is 1.00 bits per heavy atom. The van der Waals surface area contributed by atoms with E-state index in [1.165, 1.54) is 77.4 Å². The first-order valence-electron chi connectivity index (χ1n) is 8.83. The SMILES string of the molecule is CCC1CCCN(CC2CC3CCCCC3N2)CC1. The van der Waals surface area contributed by atoms with Crippen LogP contribution < -0.4 is 5.32 Å². The fourth-order valence-electron chi connectivity index (χ4n) is 4.70. The summed E-state index contributed by atoms with van der Waals surface area (Å²) in [6, 6.07) is 1.67. The summed E-state index contributed by atoms with van der Waals surface area (Å²) >= 11 is 0. The Bertz CT molecular complexity index is 264. The lowest BCUT2D eigenvalue weighted by molar-refractivity contribution is 0.251. The fraction of sp³-hybridized carbons (Fsp3) is 1.00. The van der Waals surface area contributed by atoms with Crippen molar-refractivity contribution in [2.45, 2.75) is 76.8 Å². The Balaban J connectivity index is 1.46. The molecule has 2 nitrogen and oxygen atoms in total. The van der Waals surface area contributed by atoms with Crippen LogP contribution in [-0.2, 0) is 0 Å². The number of hydrogen-bond donors (Lipinski definition) is 1. The Kier molecular flexibility index (Phi) is 4.81. The molecule has 2 heteroatoms. The van der Waals surface area contributed by atoms with Crippen molar-refractivity contribution in [2.24, 2.45) is 11.8 Å². The first-order chi connectivity index (χ1) is 9.35. The van der Waals surface area contributed by atoms with E-state index in [0.29, 0.717) is 0 Å². The van der Waals surface area contributed by atoms with Gasteiger partial charge in [-0.05, 0) is 63.5 Å². The number of fused-ring (bicyclic) bond motifs is 1. The van der Waals surface area contributed by atoms with Crippen molar-refractivity contribution < 1.29 is 0 Å². The fourth-order valence-corrected chi connectivity index (χ4v) is 4.70. The number of nitrogens with one attached hydrogen (secondary N) is 1. The lowest BCUT2D eigenvalue weighted by Crippen LogP contribution is -2.41. The monoisotopic (exact) mass is 264 g/mol. The molecule has 3 rings (SSSR count). The number of likely N-dealkylation sites (tertiary alicyclic amines) is 1. The van der Waals surface area contributed by atoms with Crippen molar-refractivity contribution in [3.63, 3.8) is 0 Å². The van der Waals surface area contributed by atoms with Gasteiger partial charge in [0.1, 0.15) is 0 Å². The molecule has 2 heterocycles. The van der Waals surface area contributed by atoms with Crippen LogP contribution in [0.1, 0.15) is 64.7 Å². The van der Waals surface area contributed by atoms with E-state index in [1.54, 1.807) is 0 Å². The molecule has 1 N–H and O–H groups in total. The third-order valence-electron chi connectivity index (χ3n) is 5.94. The van der Waals surface area contributed by atoms with E-state index >= 15 is 0 Å². The van der Waals surface area contributed by atoms with Crippen LogP contribution >= 0.6 is 0 Å². The van der Waals surface area contributed by atoms with Gasteiger partial charge >= 0.3 is 0 Å². The minimum atomic E-state index is 0.797. The topological polar surface area (TPSA) is 15.3 Å². The van der Waals surface area contributed by atoms with Crippen LogP contribution in [0.2, 0.25) is 0 Å². The van der Waals surface area contributed by atoms with Crippen molar-refractivity contribution >= 4 is 0 Å². The molecular weight excluding hydrogens is 232 g/mol. The Morgan fingerprint density at radius 2 is 1.89 bits per heavy atom. The van der Waals surface area contributed by atoms with Gasteiger partial charge in [-0.1, -0.05) is 26.2 Å². The molecule has 0 radical (unpaired) electrons. The van der Waals surface area contributed by atoms with Crippen molar-refractivity contribution in [3.05, 3.63) is 0 Å². The molecule has 4 atom stereocenters. The Labute approximate surface area is 119 Å². The molecule has 0 aromatic rings. The Morgan fingerprint density at radius 3 is 2.74 bits per heavy atom. The Hall–Kier alpha value is -0.0800. The summed E-state index contributed by atoms with van der Waals surface area (Å²) in [4.78, 5) is 2.75. The van der Waals surface area contributed by atoms with Crippen molar-refractivity contribution in [1.29, 1.82) is 0 Å².